The molecule has 2 nitrogen and oxygen atoms in total. The van der Waals surface area contributed by atoms with Gasteiger partial charge in [0.05, 0.1) is 0 Å². The van der Waals surface area contributed by atoms with Gasteiger partial charge < -0.3 is 5.32 Å². The zero-order valence-corrected chi connectivity index (χ0v) is 13.0. The summed E-state index contributed by atoms with van der Waals surface area (Å²) < 4.78 is 0. The maximum Gasteiger partial charge on any atom is 0.0194 e. The van der Waals surface area contributed by atoms with Gasteiger partial charge in [-0.3, -0.25) is 4.90 Å². The van der Waals surface area contributed by atoms with E-state index < -0.39 is 0 Å². The van der Waals surface area contributed by atoms with Gasteiger partial charge in [-0.25, -0.2) is 0 Å². The molecule has 1 aliphatic carbocycles. The van der Waals surface area contributed by atoms with Gasteiger partial charge >= 0.3 is 0 Å². The van der Waals surface area contributed by atoms with Gasteiger partial charge in [-0.15, -0.1) is 0 Å². The van der Waals surface area contributed by atoms with E-state index in [0.29, 0.717) is 6.04 Å². The van der Waals surface area contributed by atoms with Crippen LogP contribution in [0.2, 0.25) is 0 Å². The molecule has 1 saturated carbocycles. The van der Waals surface area contributed by atoms with Crippen LogP contribution in [-0.4, -0.2) is 36.6 Å². The normalized spacial score (nSPS) is 19.0. The van der Waals surface area contributed by atoms with Gasteiger partial charge in [-0.05, 0) is 31.7 Å². The summed E-state index contributed by atoms with van der Waals surface area (Å²) in [6.45, 7) is 12.9. The fourth-order valence-electron chi connectivity index (χ4n) is 3.29. The summed E-state index contributed by atoms with van der Waals surface area (Å²) in [5.41, 5.74) is 0. The van der Waals surface area contributed by atoms with E-state index in [1.807, 2.05) is 0 Å². The Balaban J connectivity index is 2.51. The Morgan fingerprint density at radius 1 is 1.11 bits per heavy atom. The van der Waals surface area contributed by atoms with E-state index in [1.165, 1.54) is 51.6 Å². The summed E-state index contributed by atoms with van der Waals surface area (Å²) in [5, 5.41) is 3.67. The fourth-order valence-corrected chi connectivity index (χ4v) is 3.29. The summed E-state index contributed by atoms with van der Waals surface area (Å²) in [7, 11) is 0. The lowest BCUT2D eigenvalue weighted by Gasteiger charge is -2.34. The predicted molar refractivity (Wildman–Crippen MR) is 81.0 cm³/mol. The third kappa shape index (κ3) is 5.71. The molecule has 0 saturated heterocycles. The van der Waals surface area contributed by atoms with Crippen molar-refractivity contribution in [2.45, 2.75) is 78.3 Å². The highest BCUT2D eigenvalue weighted by Gasteiger charge is 2.24. The molecule has 2 heteroatoms. The summed E-state index contributed by atoms with van der Waals surface area (Å²) >= 11 is 0. The van der Waals surface area contributed by atoms with Crippen LogP contribution in [0.4, 0.5) is 0 Å². The van der Waals surface area contributed by atoms with Gasteiger partial charge in [-0.2, -0.15) is 0 Å². The third-order valence-electron chi connectivity index (χ3n) is 4.03. The Labute approximate surface area is 115 Å². The lowest BCUT2D eigenvalue weighted by atomic mass is 10.1. The largest absolute Gasteiger partial charge is 0.313 e. The molecule has 0 bridgehead atoms. The first kappa shape index (κ1) is 16.0. The molecule has 0 aliphatic heterocycles. The van der Waals surface area contributed by atoms with E-state index in [9.17, 15) is 0 Å². The summed E-state index contributed by atoms with van der Waals surface area (Å²) in [5.74, 6) is 0.787. The number of rotatable bonds is 9. The van der Waals surface area contributed by atoms with Crippen molar-refractivity contribution in [3.8, 4) is 0 Å². The van der Waals surface area contributed by atoms with Crippen molar-refractivity contribution < 1.29 is 0 Å². The standard InChI is InChI=1S/C16H34N2/c1-5-9-15(17-6-2)13-18(12-14(3)4)16-10-7-8-11-16/h14-17H,5-13H2,1-4H3. The SMILES string of the molecule is CCCC(CN(CC(C)C)C1CCCC1)NCC. The first-order valence-corrected chi connectivity index (χ1v) is 8.14. The minimum Gasteiger partial charge on any atom is -0.313 e. The van der Waals surface area contributed by atoms with Crippen LogP contribution in [0, 0.1) is 5.92 Å². The molecule has 1 N–H and O–H groups in total. The molecule has 0 aromatic carbocycles. The minimum absolute atomic E-state index is 0.694. The predicted octanol–water partition coefficient (Wildman–Crippen LogP) is 3.67. The molecule has 1 unspecified atom stereocenters. The molecule has 0 radical (unpaired) electrons. The van der Waals surface area contributed by atoms with Gasteiger partial charge in [0, 0.05) is 25.2 Å². The second kappa shape index (κ2) is 8.92. The number of likely N-dealkylation sites (N-methyl/N-ethyl adjacent to an activating group) is 1. The molecule has 1 atom stereocenters. The Kier molecular flexibility index (Phi) is 7.92. The smallest absolute Gasteiger partial charge is 0.0194 e. The summed E-state index contributed by atoms with van der Waals surface area (Å²) in [6, 6.07) is 1.56. The second-order valence-electron chi connectivity index (χ2n) is 6.33. The van der Waals surface area contributed by atoms with Gasteiger partial charge in [0.15, 0.2) is 0 Å². The maximum atomic E-state index is 3.67. The van der Waals surface area contributed by atoms with Crippen molar-refractivity contribution >= 4 is 0 Å². The number of hydrogen-bond donors (Lipinski definition) is 1. The van der Waals surface area contributed by atoms with E-state index >= 15 is 0 Å². The Hall–Kier alpha value is -0.0800. The molecule has 18 heavy (non-hydrogen) atoms. The van der Waals surface area contributed by atoms with Crippen molar-refractivity contribution in [1.82, 2.24) is 10.2 Å². The monoisotopic (exact) mass is 254 g/mol. The van der Waals surface area contributed by atoms with Crippen molar-refractivity contribution in [2.24, 2.45) is 5.92 Å². The molecular formula is C16H34N2. The van der Waals surface area contributed by atoms with E-state index in [4.69, 9.17) is 0 Å². The average Bonchev–Trinajstić information content (AvgIpc) is 2.81. The van der Waals surface area contributed by atoms with Crippen LogP contribution in [0.15, 0.2) is 0 Å². The van der Waals surface area contributed by atoms with Gasteiger partial charge in [0.1, 0.15) is 0 Å². The number of hydrogen-bond acceptors (Lipinski definition) is 2. The molecule has 1 fully saturated rings. The first-order chi connectivity index (χ1) is 8.67. The fraction of sp³-hybridized carbons (Fsp3) is 1.00. The molecular weight excluding hydrogens is 220 g/mol. The highest BCUT2D eigenvalue weighted by Crippen LogP contribution is 2.24. The highest BCUT2D eigenvalue weighted by atomic mass is 15.2. The molecule has 0 spiro atoms. The lowest BCUT2D eigenvalue weighted by molar-refractivity contribution is 0.156. The quantitative estimate of drug-likeness (QED) is 0.675. The van der Waals surface area contributed by atoms with Crippen LogP contribution in [0.3, 0.4) is 0 Å². The molecule has 0 aromatic rings. The Morgan fingerprint density at radius 3 is 2.28 bits per heavy atom. The van der Waals surface area contributed by atoms with E-state index in [-0.39, 0.29) is 0 Å². The third-order valence-corrected chi connectivity index (χ3v) is 4.03. The van der Waals surface area contributed by atoms with Crippen LogP contribution in [-0.2, 0) is 0 Å². The van der Waals surface area contributed by atoms with Crippen LogP contribution < -0.4 is 5.32 Å². The maximum absolute atomic E-state index is 3.67. The van der Waals surface area contributed by atoms with Crippen molar-refractivity contribution in [1.29, 1.82) is 0 Å². The van der Waals surface area contributed by atoms with Crippen LogP contribution in [0.25, 0.3) is 0 Å². The molecule has 1 rings (SSSR count). The summed E-state index contributed by atoms with van der Waals surface area (Å²) in [4.78, 5) is 2.78. The first-order valence-electron chi connectivity index (χ1n) is 8.14. The number of nitrogens with one attached hydrogen (secondary N) is 1. The van der Waals surface area contributed by atoms with Crippen molar-refractivity contribution in [2.75, 3.05) is 19.6 Å². The van der Waals surface area contributed by atoms with Crippen molar-refractivity contribution in [3.63, 3.8) is 0 Å². The Bertz CT molecular complexity index is 191. The summed E-state index contributed by atoms with van der Waals surface area (Å²) in [6.07, 6.45) is 8.35. The second-order valence-corrected chi connectivity index (χ2v) is 6.33. The average molecular weight is 254 g/mol. The van der Waals surface area contributed by atoms with Crippen LogP contribution in [0.1, 0.15) is 66.2 Å². The van der Waals surface area contributed by atoms with Gasteiger partial charge in [0.25, 0.3) is 0 Å². The highest BCUT2D eigenvalue weighted by molar-refractivity contribution is 4.81. The molecule has 108 valence electrons. The zero-order chi connectivity index (χ0) is 13.4. The molecule has 1 aliphatic rings. The number of nitrogens with zero attached hydrogens (tertiary/aromatic N) is 1. The Morgan fingerprint density at radius 2 is 1.78 bits per heavy atom. The lowest BCUT2D eigenvalue weighted by Crippen LogP contribution is -2.46. The molecule has 0 heterocycles. The van der Waals surface area contributed by atoms with Crippen LogP contribution >= 0.6 is 0 Å². The van der Waals surface area contributed by atoms with E-state index in [0.717, 1.165) is 18.5 Å². The van der Waals surface area contributed by atoms with Gasteiger partial charge in [-0.1, -0.05) is 47.0 Å². The van der Waals surface area contributed by atoms with Crippen molar-refractivity contribution in [3.05, 3.63) is 0 Å². The molecule has 0 aromatic heterocycles. The molecule has 0 amide bonds. The van der Waals surface area contributed by atoms with E-state index in [1.54, 1.807) is 0 Å². The minimum atomic E-state index is 0.694. The van der Waals surface area contributed by atoms with Gasteiger partial charge in [0.2, 0.25) is 0 Å². The van der Waals surface area contributed by atoms with Crippen LogP contribution in [0.5, 0.6) is 0 Å². The topological polar surface area (TPSA) is 15.3 Å². The van der Waals surface area contributed by atoms with E-state index in [2.05, 4.69) is 37.9 Å². The zero-order valence-electron chi connectivity index (χ0n) is 13.0.